The molecule has 1 amide bonds. The zero-order valence-corrected chi connectivity index (χ0v) is 15.1. The van der Waals surface area contributed by atoms with Crippen molar-refractivity contribution in [3.05, 3.63) is 59.9 Å². The number of benzene rings is 1. The third-order valence-electron chi connectivity index (χ3n) is 4.95. The average Bonchev–Trinajstić information content (AvgIpc) is 3.25. The summed E-state index contributed by atoms with van der Waals surface area (Å²) in [6.07, 6.45) is 5.87. The molecule has 0 N–H and O–H groups in total. The minimum absolute atomic E-state index is 0.0689. The molecular formula is C20H21FN4O2. The maximum Gasteiger partial charge on any atom is 0.293 e. The number of halogens is 1. The van der Waals surface area contributed by atoms with Crippen LogP contribution >= 0.6 is 0 Å². The number of hydrogen-bond donors (Lipinski definition) is 0. The van der Waals surface area contributed by atoms with E-state index in [1.165, 1.54) is 12.1 Å². The quantitative estimate of drug-likeness (QED) is 0.702. The van der Waals surface area contributed by atoms with E-state index in [1.54, 1.807) is 22.9 Å². The fourth-order valence-corrected chi connectivity index (χ4v) is 3.54. The van der Waals surface area contributed by atoms with E-state index < -0.39 is 0 Å². The smallest absolute Gasteiger partial charge is 0.293 e. The number of rotatable bonds is 3. The molecule has 0 radical (unpaired) electrons. The Morgan fingerprint density at radius 2 is 2.00 bits per heavy atom. The first-order valence-corrected chi connectivity index (χ1v) is 9.15. The van der Waals surface area contributed by atoms with E-state index in [0.717, 1.165) is 31.4 Å². The normalized spacial score (nSPS) is 17.7. The molecule has 0 aliphatic carbocycles. The highest BCUT2D eigenvalue weighted by Gasteiger charge is 2.31. The van der Waals surface area contributed by atoms with Crippen LogP contribution in [-0.2, 0) is 7.05 Å². The van der Waals surface area contributed by atoms with Crippen molar-refractivity contribution in [1.82, 2.24) is 19.8 Å². The first-order chi connectivity index (χ1) is 13.1. The number of nitrogens with zero attached hydrogens (tertiary/aromatic N) is 4. The Balaban J connectivity index is 1.60. The van der Waals surface area contributed by atoms with Crippen molar-refractivity contribution in [2.75, 3.05) is 6.54 Å². The highest BCUT2D eigenvalue weighted by molar-refractivity contribution is 5.92. The van der Waals surface area contributed by atoms with Crippen LogP contribution in [0, 0.1) is 5.82 Å². The van der Waals surface area contributed by atoms with Crippen LogP contribution in [0.1, 0.15) is 48.0 Å². The Morgan fingerprint density at radius 1 is 1.19 bits per heavy atom. The van der Waals surface area contributed by atoms with Gasteiger partial charge in [0.25, 0.3) is 5.91 Å². The average molecular weight is 368 g/mol. The van der Waals surface area contributed by atoms with Crippen molar-refractivity contribution in [1.29, 1.82) is 0 Å². The predicted molar refractivity (Wildman–Crippen MR) is 97.4 cm³/mol. The summed E-state index contributed by atoms with van der Waals surface area (Å²) in [7, 11) is 1.87. The fourth-order valence-electron chi connectivity index (χ4n) is 3.54. The van der Waals surface area contributed by atoms with Gasteiger partial charge in [0, 0.05) is 31.4 Å². The molecule has 0 spiro atoms. The molecule has 3 aromatic rings. The van der Waals surface area contributed by atoms with E-state index in [1.807, 2.05) is 24.2 Å². The van der Waals surface area contributed by atoms with Crippen LogP contribution < -0.4 is 0 Å². The SMILES string of the molecule is Cn1ccc(C2CCCCCN2C(=O)c2cc(-c3ccc(F)cc3)no2)n1. The van der Waals surface area contributed by atoms with Gasteiger partial charge in [-0.3, -0.25) is 9.48 Å². The molecule has 4 rings (SSSR count). The van der Waals surface area contributed by atoms with Crippen molar-refractivity contribution in [2.24, 2.45) is 7.05 Å². The van der Waals surface area contributed by atoms with E-state index in [0.29, 0.717) is 17.8 Å². The van der Waals surface area contributed by atoms with Gasteiger partial charge in [0.1, 0.15) is 11.5 Å². The summed E-state index contributed by atoms with van der Waals surface area (Å²) in [5, 5.41) is 8.50. The molecule has 1 aromatic carbocycles. The third-order valence-corrected chi connectivity index (χ3v) is 4.95. The van der Waals surface area contributed by atoms with Crippen molar-refractivity contribution in [3.63, 3.8) is 0 Å². The lowest BCUT2D eigenvalue weighted by Gasteiger charge is -2.27. The highest BCUT2D eigenvalue weighted by atomic mass is 19.1. The Bertz CT molecular complexity index is 932. The summed E-state index contributed by atoms with van der Waals surface area (Å²) in [4.78, 5) is 15.0. The van der Waals surface area contributed by atoms with Crippen LogP contribution in [0.2, 0.25) is 0 Å². The summed E-state index contributed by atoms with van der Waals surface area (Å²) in [5.41, 5.74) is 2.12. The Labute approximate surface area is 156 Å². The first-order valence-electron chi connectivity index (χ1n) is 9.15. The third kappa shape index (κ3) is 3.63. The maximum atomic E-state index is 13.1. The number of aromatic nitrogens is 3. The van der Waals surface area contributed by atoms with Crippen molar-refractivity contribution >= 4 is 5.91 Å². The molecular weight excluding hydrogens is 347 g/mol. The minimum atomic E-state index is -0.318. The van der Waals surface area contributed by atoms with Crippen LogP contribution in [0.5, 0.6) is 0 Å². The largest absolute Gasteiger partial charge is 0.350 e. The lowest BCUT2D eigenvalue weighted by molar-refractivity contribution is 0.0634. The zero-order valence-electron chi connectivity index (χ0n) is 15.1. The van der Waals surface area contributed by atoms with Crippen LogP contribution in [0.25, 0.3) is 11.3 Å². The Kier molecular flexibility index (Phi) is 4.75. The second-order valence-corrected chi connectivity index (χ2v) is 6.86. The standard InChI is InChI=1S/C20H21FN4O2/c1-24-12-10-16(22-24)18-5-3-2-4-11-25(18)20(26)19-13-17(23-27-19)14-6-8-15(21)9-7-14/h6-10,12-13,18H,2-5,11H2,1H3. The second kappa shape index (κ2) is 7.34. The van der Waals surface area contributed by atoms with Crippen molar-refractivity contribution in [3.8, 4) is 11.3 Å². The van der Waals surface area contributed by atoms with E-state index >= 15 is 0 Å². The van der Waals surface area contributed by atoms with Crippen molar-refractivity contribution < 1.29 is 13.7 Å². The Morgan fingerprint density at radius 3 is 2.74 bits per heavy atom. The lowest BCUT2D eigenvalue weighted by Crippen LogP contribution is -2.34. The number of aryl methyl sites for hydroxylation is 1. The van der Waals surface area contributed by atoms with Crippen LogP contribution in [0.15, 0.2) is 47.1 Å². The molecule has 1 aliphatic heterocycles. The fraction of sp³-hybridized carbons (Fsp3) is 0.350. The van der Waals surface area contributed by atoms with Gasteiger partial charge in [0.2, 0.25) is 5.76 Å². The number of carbonyl (C=O) groups excluding carboxylic acids is 1. The van der Waals surface area contributed by atoms with Gasteiger partial charge in [-0.1, -0.05) is 18.0 Å². The van der Waals surface area contributed by atoms with Gasteiger partial charge >= 0.3 is 0 Å². The predicted octanol–water partition coefficient (Wildman–Crippen LogP) is 3.97. The van der Waals surface area contributed by atoms with E-state index in [-0.39, 0.29) is 23.5 Å². The summed E-state index contributed by atoms with van der Waals surface area (Å²) >= 11 is 0. The number of likely N-dealkylation sites (tertiary alicyclic amines) is 1. The van der Waals surface area contributed by atoms with Gasteiger partial charge < -0.3 is 9.42 Å². The highest BCUT2D eigenvalue weighted by Crippen LogP contribution is 2.31. The summed E-state index contributed by atoms with van der Waals surface area (Å²) in [5.74, 6) is -0.313. The van der Waals surface area contributed by atoms with Gasteiger partial charge in [0.15, 0.2) is 0 Å². The molecule has 0 bridgehead atoms. The van der Waals surface area contributed by atoms with Gasteiger partial charge in [0.05, 0.1) is 11.7 Å². The second-order valence-electron chi connectivity index (χ2n) is 6.86. The van der Waals surface area contributed by atoms with Crippen LogP contribution in [0.4, 0.5) is 4.39 Å². The monoisotopic (exact) mass is 368 g/mol. The van der Waals surface area contributed by atoms with Gasteiger partial charge in [-0.15, -0.1) is 0 Å². The lowest BCUT2D eigenvalue weighted by atomic mass is 10.1. The molecule has 6 nitrogen and oxygen atoms in total. The van der Waals surface area contributed by atoms with Crippen LogP contribution in [-0.4, -0.2) is 32.3 Å². The summed E-state index contributed by atoms with van der Waals surface area (Å²) in [6.45, 7) is 0.659. The molecule has 1 unspecified atom stereocenters. The van der Waals surface area contributed by atoms with Gasteiger partial charge in [-0.2, -0.15) is 5.10 Å². The topological polar surface area (TPSA) is 64.2 Å². The number of hydrogen-bond acceptors (Lipinski definition) is 4. The Hall–Kier alpha value is -2.96. The van der Waals surface area contributed by atoms with E-state index in [2.05, 4.69) is 10.3 Å². The molecule has 1 fully saturated rings. The molecule has 1 aliphatic rings. The molecule has 7 heteroatoms. The van der Waals surface area contributed by atoms with E-state index in [9.17, 15) is 9.18 Å². The van der Waals surface area contributed by atoms with Gasteiger partial charge in [-0.25, -0.2) is 4.39 Å². The molecule has 2 aromatic heterocycles. The molecule has 3 heterocycles. The van der Waals surface area contributed by atoms with Crippen molar-refractivity contribution in [2.45, 2.75) is 31.7 Å². The maximum absolute atomic E-state index is 13.1. The molecule has 1 atom stereocenters. The van der Waals surface area contributed by atoms with E-state index in [4.69, 9.17) is 4.52 Å². The molecule has 27 heavy (non-hydrogen) atoms. The number of amides is 1. The first kappa shape index (κ1) is 17.5. The molecule has 0 saturated carbocycles. The molecule has 140 valence electrons. The minimum Gasteiger partial charge on any atom is -0.350 e. The van der Waals surface area contributed by atoms with Crippen LogP contribution in [0.3, 0.4) is 0 Å². The zero-order chi connectivity index (χ0) is 18.8. The molecule has 1 saturated heterocycles. The summed E-state index contributed by atoms with van der Waals surface area (Å²) < 4.78 is 20.2. The summed E-state index contributed by atoms with van der Waals surface area (Å²) in [6, 6.07) is 9.46. The van der Waals surface area contributed by atoms with Gasteiger partial charge in [-0.05, 0) is 43.2 Å². The number of carbonyl (C=O) groups is 1.